The zero-order valence-corrected chi connectivity index (χ0v) is 32.0. The van der Waals surface area contributed by atoms with Crippen LogP contribution in [0.3, 0.4) is 0 Å². The molecule has 9 heteroatoms. The minimum atomic E-state index is -4.25. The minimum absolute atomic E-state index is 0.0929. The molecular weight excluding hydrogens is 601 g/mol. The minimum Gasteiger partial charge on any atom is -0.457 e. The Morgan fingerprint density at radius 3 is 1.43 bits per heavy atom. The fourth-order valence-electron chi connectivity index (χ4n) is 5.38. The van der Waals surface area contributed by atoms with Crippen LogP contribution in [0, 0.1) is 0 Å². The van der Waals surface area contributed by atoms with Crippen molar-refractivity contribution in [3.05, 3.63) is 0 Å². The topological polar surface area (TPSA) is 91.3 Å². The summed E-state index contributed by atoms with van der Waals surface area (Å²) in [5, 5.41) is 0. The van der Waals surface area contributed by atoms with Gasteiger partial charge in [0.2, 0.25) is 0 Å². The summed E-state index contributed by atoms with van der Waals surface area (Å²) in [7, 11) is 1.68. The van der Waals surface area contributed by atoms with E-state index in [0.717, 1.165) is 32.1 Å². The Morgan fingerprint density at radius 2 is 1.00 bits per heavy atom. The normalized spacial score (nSPS) is 14.0. The quantitative estimate of drug-likeness (QED) is 0.0305. The number of unbranched alkanes of at least 4 members (excludes halogenated alkanes) is 22. The van der Waals surface area contributed by atoms with E-state index < -0.39 is 13.9 Å². The first-order chi connectivity index (χ1) is 22.1. The highest BCUT2D eigenvalue weighted by atomic mass is 31.2. The van der Waals surface area contributed by atoms with Crippen LogP contribution in [-0.2, 0) is 27.9 Å². The van der Waals surface area contributed by atoms with Gasteiger partial charge in [-0.1, -0.05) is 155 Å². The molecule has 2 unspecified atom stereocenters. The van der Waals surface area contributed by atoms with Gasteiger partial charge in [-0.25, -0.2) is 4.57 Å². The third-order valence-electron chi connectivity index (χ3n) is 8.42. The van der Waals surface area contributed by atoms with Gasteiger partial charge in [0.25, 0.3) is 0 Å². The van der Waals surface area contributed by atoms with Crippen molar-refractivity contribution in [1.82, 2.24) is 0 Å². The molecule has 0 aromatic rings. The van der Waals surface area contributed by atoms with Gasteiger partial charge in [-0.15, -0.1) is 0 Å². The van der Waals surface area contributed by atoms with E-state index in [0.29, 0.717) is 24.1 Å². The lowest BCUT2D eigenvalue weighted by Gasteiger charge is -2.24. The lowest BCUT2D eigenvalue weighted by molar-refractivity contribution is -0.870. The van der Waals surface area contributed by atoms with E-state index in [2.05, 4.69) is 13.8 Å². The summed E-state index contributed by atoms with van der Waals surface area (Å²) in [6, 6.07) is 0. The Kier molecular flexibility index (Phi) is 31.4. The third-order valence-corrected chi connectivity index (χ3v) is 9.40. The van der Waals surface area contributed by atoms with Crippen LogP contribution in [0.2, 0.25) is 0 Å². The third kappa shape index (κ3) is 34.8. The molecule has 0 aromatic heterocycles. The first-order valence-electron chi connectivity index (χ1n) is 19.3. The molecule has 0 bridgehead atoms. The number of likely N-dealkylation sites (N-methyl/N-ethyl adjacent to an activating group) is 1. The number of ether oxygens (including phenoxy) is 2. The van der Waals surface area contributed by atoms with Gasteiger partial charge in [0.15, 0.2) is 0 Å². The Morgan fingerprint density at radius 1 is 0.587 bits per heavy atom. The molecule has 0 fully saturated rings. The number of quaternary nitrogens is 1. The fourth-order valence-corrected chi connectivity index (χ4v) is 6.12. The van der Waals surface area contributed by atoms with Gasteiger partial charge in [0.05, 0.1) is 34.4 Å². The van der Waals surface area contributed by atoms with Gasteiger partial charge >= 0.3 is 13.8 Å². The largest absolute Gasteiger partial charge is 0.472 e. The molecule has 0 aliphatic carbocycles. The standard InChI is InChI=1S/C37H76NO7P/c1-6-8-10-12-14-15-16-17-18-19-20-21-22-23-24-25-26-28-30-37(39)45-36(34-42-32-29-27-13-11-9-7-2)35-44-46(40,41)43-33-31-38(3,4)5/h36H,6-35H2,1-5H3/p+1. The van der Waals surface area contributed by atoms with Gasteiger partial charge < -0.3 is 18.9 Å². The van der Waals surface area contributed by atoms with Crippen LogP contribution in [0.4, 0.5) is 0 Å². The maximum absolute atomic E-state index is 12.6. The average molecular weight is 679 g/mol. The lowest BCUT2D eigenvalue weighted by atomic mass is 10.0. The Hall–Kier alpha value is -0.500. The fraction of sp³-hybridized carbons (Fsp3) is 0.973. The first kappa shape index (κ1) is 45.5. The Bertz CT molecular complexity index is 716. The predicted molar refractivity (Wildman–Crippen MR) is 192 cm³/mol. The summed E-state index contributed by atoms with van der Waals surface area (Å²) < 4.78 is 34.7. The van der Waals surface area contributed by atoms with Gasteiger partial charge in [-0.05, 0) is 12.8 Å². The maximum atomic E-state index is 12.6. The molecule has 0 spiro atoms. The van der Waals surface area contributed by atoms with Crippen LogP contribution in [0.15, 0.2) is 0 Å². The lowest BCUT2D eigenvalue weighted by Crippen LogP contribution is -2.37. The molecule has 0 aromatic carbocycles. The number of nitrogens with zero attached hydrogens (tertiary/aromatic N) is 1. The molecule has 1 N–H and O–H groups in total. The number of hydrogen-bond donors (Lipinski definition) is 1. The van der Waals surface area contributed by atoms with Crippen LogP contribution in [0.25, 0.3) is 0 Å². The molecule has 0 saturated heterocycles. The number of hydrogen-bond acceptors (Lipinski definition) is 6. The molecule has 46 heavy (non-hydrogen) atoms. The molecule has 8 nitrogen and oxygen atoms in total. The van der Waals surface area contributed by atoms with Crippen LogP contribution in [0.1, 0.15) is 174 Å². The SMILES string of the molecule is CCCCCCCCCCCCCCCCCCCCC(=O)OC(COCCCCCCCC)COP(=O)(O)OCC[N+](C)(C)C. The summed E-state index contributed by atoms with van der Waals surface area (Å²) in [6.45, 7) is 5.60. The summed E-state index contributed by atoms with van der Waals surface area (Å²) in [4.78, 5) is 22.7. The van der Waals surface area contributed by atoms with Crippen molar-refractivity contribution in [3.8, 4) is 0 Å². The maximum Gasteiger partial charge on any atom is 0.472 e. The van der Waals surface area contributed by atoms with Gasteiger partial charge in [0.1, 0.15) is 19.3 Å². The van der Waals surface area contributed by atoms with Crippen molar-refractivity contribution in [3.63, 3.8) is 0 Å². The smallest absolute Gasteiger partial charge is 0.457 e. The molecule has 0 heterocycles. The van der Waals surface area contributed by atoms with Crippen molar-refractivity contribution in [2.24, 2.45) is 0 Å². The number of carbonyl (C=O) groups excluding carboxylic acids is 1. The van der Waals surface area contributed by atoms with Gasteiger partial charge in [-0.3, -0.25) is 13.8 Å². The predicted octanol–water partition coefficient (Wildman–Crippen LogP) is 10.5. The highest BCUT2D eigenvalue weighted by Crippen LogP contribution is 2.43. The van der Waals surface area contributed by atoms with Crippen LogP contribution in [-0.4, -0.2) is 75.6 Å². The first-order valence-corrected chi connectivity index (χ1v) is 20.8. The molecule has 0 radical (unpaired) electrons. The summed E-state index contributed by atoms with van der Waals surface area (Å²) in [5.41, 5.74) is 0. The molecule has 0 aliphatic heterocycles. The summed E-state index contributed by atoms with van der Waals surface area (Å²) >= 11 is 0. The van der Waals surface area contributed by atoms with Gasteiger partial charge in [-0.2, -0.15) is 0 Å². The number of carbonyl (C=O) groups is 1. The molecule has 0 rings (SSSR count). The Labute approximate surface area is 285 Å². The van der Waals surface area contributed by atoms with Crippen LogP contribution >= 0.6 is 7.82 Å². The van der Waals surface area contributed by atoms with Crippen molar-refractivity contribution in [1.29, 1.82) is 0 Å². The zero-order chi connectivity index (χ0) is 34.2. The van der Waals surface area contributed by atoms with E-state index in [1.807, 2.05) is 21.1 Å². The highest BCUT2D eigenvalue weighted by molar-refractivity contribution is 7.47. The van der Waals surface area contributed by atoms with E-state index in [4.69, 9.17) is 18.5 Å². The van der Waals surface area contributed by atoms with Crippen LogP contribution < -0.4 is 0 Å². The molecule has 0 aliphatic rings. The van der Waals surface area contributed by atoms with Crippen molar-refractivity contribution in [2.45, 2.75) is 180 Å². The van der Waals surface area contributed by atoms with E-state index in [1.165, 1.54) is 122 Å². The second-order valence-corrected chi connectivity index (χ2v) is 15.8. The van der Waals surface area contributed by atoms with E-state index in [9.17, 15) is 14.3 Å². The molecule has 2 atom stereocenters. The highest BCUT2D eigenvalue weighted by Gasteiger charge is 2.26. The number of phosphoric ester groups is 1. The summed E-state index contributed by atoms with van der Waals surface area (Å²) in [6.07, 6.45) is 30.0. The monoisotopic (exact) mass is 679 g/mol. The van der Waals surface area contributed by atoms with Crippen molar-refractivity contribution < 1.29 is 37.3 Å². The van der Waals surface area contributed by atoms with E-state index >= 15 is 0 Å². The molecular formula is C37H77NO7P+. The van der Waals surface area contributed by atoms with Crippen molar-refractivity contribution in [2.75, 3.05) is 54.1 Å². The number of esters is 1. The van der Waals surface area contributed by atoms with Gasteiger partial charge in [0, 0.05) is 13.0 Å². The second kappa shape index (κ2) is 31.7. The van der Waals surface area contributed by atoms with Crippen molar-refractivity contribution >= 4 is 13.8 Å². The zero-order valence-electron chi connectivity index (χ0n) is 31.1. The second-order valence-electron chi connectivity index (χ2n) is 14.3. The number of phosphoric acid groups is 1. The molecule has 276 valence electrons. The van der Waals surface area contributed by atoms with E-state index in [1.54, 1.807) is 0 Å². The van der Waals surface area contributed by atoms with E-state index in [-0.39, 0.29) is 25.8 Å². The summed E-state index contributed by atoms with van der Waals surface area (Å²) in [5.74, 6) is -0.313. The Balaban J connectivity index is 4.09. The number of rotatable bonds is 36. The molecule has 0 saturated carbocycles. The van der Waals surface area contributed by atoms with Crippen LogP contribution in [0.5, 0.6) is 0 Å². The molecule has 0 amide bonds. The average Bonchev–Trinajstić information content (AvgIpc) is 2.99.